The quantitative estimate of drug-likeness (QED) is 0.640. The fourth-order valence-electron chi connectivity index (χ4n) is 2.09. The van der Waals surface area contributed by atoms with Crippen LogP contribution in [-0.4, -0.2) is 38.2 Å². The lowest BCUT2D eigenvalue weighted by atomic mass is 9.87. The molecule has 112 valence electrons. The molecule has 0 unspecified atom stereocenters. The van der Waals surface area contributed by atoms with Gasteiger partial charge in [0.15, 0.2) is 8.32 Å². The van der Waals surface area contributed by atoms with Gasteiger partial charge in [-0.1, -0.05) is 27.7 Å². The van der Waals surface area contributed by atoms with Gasteiger partial charge in [0.05, 0.1) is 18.6 Å². The van der Waals surface area contributed by atoms with Crippen LogP contribution in [0.4, 0.5) is 0 Å². The fourth-order valence-corrected chi connectivity index (χ4v) is 3.55. The molecular formula is C14H28O4Si. The highest BCUT2D eigenvalue weighted by Gasteiger charge is 2.47. The summed E-state index contributed by atoms with van der Waals surface area (Å²) in [5, 5.41) is 9.42. The average Bonchev–Trinajstić information content (AvgIpc) is 2.27. The van der Waals surface area contributed by atoms with E-state index in [9.17, 15) is 9.90 Å². The van der Waals surface area contributed by atoms with Gasteiger partial charge in [-0.25, -0.2) is 0 Å². The van der Waals surface area contributed by atoms with Crippen molar-refractivity contribution in [2.24, 2.45) is 11.8 Å². The number of hydrogen-bond donors (Lipinski definition) is 1. The number of hydrogen-bond acceptors (Lipinski definition) is 4. The van der Waals surface area contributed by atoms with Gasteiger partial charge in [-0.3, -0.25) is 4.79 Å². The smallest absolute Gasteiger partial charge is 0.311 e. The molecule has 0 aromatic rings. The standard InChI is InChI=1S/C14H28O4Si/c1-9-11(8-15)17-13(16)10(2)12(9)18-19(6,7)14(3,4)5/h9-12,15H,8H2,1-7H3/t9-,10-,11+,12-/m0/s1. The second-order valence-electron chi connectivity index (χ2n) is 7.15. The Morgan fingerprint density at radius 3 is 2.26 bits per heavy atom. The van der Waals surface area contributed by atoms with Crippen LogP contribution in [0.15, 0.2) is 0 Å². The third-order valence-corrected chi connectivity index (χ3v) is 9.13. The number of carbonyl (C=O) groups is 1. The number of cyclic esters (lactones) is 1. The van der Waals surface area contributed by atoms with Gasteiger partial charge in [-0.15, -0.1) is 0 Å². The Labute approximate surface area is 117 Å². The van der Waals surface area contributed by atoms with Gasteiger partial charge in [0.25, 0.3) is 0 Å². The molecule has 0 bridgehead atoms. The third kappa shape index (κ3) is 3.38. The third-order valence-electron chi connectivity index (χ3n) is 4.65. The molecule has 4 atom stereocenters. The zero-order chi connectivity index (χ0) is 15.0. The molecule has 0 spiro atoms. The largest absolute Gasteiger partial charge is 0.459 e. The molecule has 0 amide bonds. The van der Waals surface area contributed by atoms with E-state index in [4.69, 9.17) is 9.16 Å². The van der Waals surface area contributed by atoms with Crippen molar-refractivity contribution in [1.29, 1.82) is 0 Å². The molecule has 1 aliphatic rings. The van der Waals surface area contributed by atoms with E-state index >= 15 is 0 Å². The summed E-state index contributed by atoms with van der Waals surface area (Å²) in [6, 6.07) is 0. The number of carbonyl (C=O) groups excluding carboxylic acids is 1. The van der Waals surface area contributed by atoms with Crippen LogP contribution in [0.2, 0.25) is 18.1 Å². The molecule has 4 nitrogen and oxygen atoms in total. The number of rotatable bonds is 3. The highest BCUT2D eigenvalue weighted by molar-refractivity contribution is 6.74. The van der Waals surface area contributed by atoms with Crippen molar-refractivity contribution in [3.8, 4) is 0 Å². The van der Waals surface area contributed by atoms with Crippen molar-refractivity contribution in [3.63, 3.8) is 0 Å². The molecule has 0 aliphatic carbocycles. The molecule has 1 aliphatic heterocycles. The summed E-state index contributed by atoms with van der Waals surface area (Å²) in [6.45, 7) is 14.6. The maximum Gasteiger partial charge on any atom is 0.311 e. The van der Waals surface area contributed by atoms with E-state index in [0.29, 0.717) is 0 Å². The molecule has 19 heavy (non-hydrogen) atoms. The number of esters is 1. The average molecular weight is 288 g/mol. The first kappa shape index (κ1) is 16.7. The zero-order valence-corrected chi connectivity index (χ0v) is 14.2. The Morgan fingerprint density at radius 1 is 1.32 bits per heavy atom. The van der Waals surface area contributed by atoms with Crippen LogP contribution in [0.1, 0.15) is 34.6 Å². The maximum absolute atomic E-state index is 11.9. The molecule has 0 saturated carbocycles. The Bertz CT molecular complexity index is 335. The monoisotopic (exact) mass is 288 g/mol. The highest BCUT2D eigenvalue weighted by Crippen LogP contribution is 2.40. The van der Waals surface area contributed by atoms with Crippen molar-refractivity contribution >= 4 is 14.3 Å². The number of ether oxygens (including phenoxy) is 1. The van der Waals surface area contributed by atoms with Gasteiger partial charge >= 0.3 is 5.97 Å². The Morgan fingerprint density at radius 2 is 1.84 bits per heavy atom. The minimum atomic E-state index is -1.94. The van der Waals surface area contributed by atoms with Crippen LogP contribution in [0.3, 0.4) is 0 Å². The van der Waals surface area contributed by atoms with Gasteiger partial charge in [0.2, 0.25) is 0 Å². The molecular weight excluding hydrogens is 260 g/mol. The molecule has 0 aromatic heterocycles. The van der Waals surface area contributed by atoms with Crippen LogP contribution >= 0.6 is 0 Å². The van der Waals surface area contributed by atoms with E-state index in [2.05, 4.69) is 33.9 Å². The van der Waals surface area contributed by atoms with E-state index in [1.165, 1.54) is 0 Å². The van der Waals surface area contributed by atoms with Crippen molar-refractivity contribution in [2.45, 2.75) is 65.0 Å². The Kier molecular flexibility index (Phi) is 4.86. The van der Waals surface area contributed by atoms with Gasteiger partial charge in [-0.2, -0.15) is 0 Å². The Balaban J connectivity index is 2.93. The Hall–Kier alpha value is -0.393. The van der Waals surface area contributed by atoms with Crippen LogP contribution < -0.4 is 0 Å². The lowest BCUT2D eigenvalue weighted by Crippen LogP contribution is -2.55. The fraction of sp³-hybridized carbons (Fsp3) is 0.929. The first-order chi connectivity index (χ1) is 8.51. The van der Waals surface area contributed by atoms with E-state index in [0.717, 1.165) is 0 Å². The SMILES string of the molecule is C[C@@H]1[C@H](O[Si](C)(C)C(C)(C)C)[C@H](C)C(=O)O[C@@H]1CO. The highest BCUT2D eigenvalue weighted by atomic mass is 28.4. The molecule has 0 aromatic carbocycles. The van der Waals surface area contributed by atoms with Crippen molar-refractivity contribution in [3.05, 3.63) is 0 Å². The molecule has 0 radical (unpaired) electrons. The lowest BCUT2D eigenvalue weighted by Gasteiger charge is -2.45. The van der Waals surface area contributed by atoms with Crippen LogP contribution in [0.25, 0.3) is 0 Å². The minimum Gasteiger partial charge on any atom is -0.459 e. The number of aliphatic hydroxyl groups excluding tert-OH is 1. The molecule has 1 N–H and O–H groups in total. The molecule has 1 rings (SSSR count). The molecule has 5 heteroatoms. The summed E-state index contributed by atoms with van der Waals surface area (Å²) < 4.78 is 11.6. The summed E-state index contributed by atoms with van der Waals surface area (Å²) in [6.07, 6.45) is -0.613. The van der Waals surface area contributed by atoms with E-state index < -0.39 is 14.4 Å². The second kappa shape index (κ2) is 5.54. The summed E-state index contributed by atoms with van der Waals surface area (Å²) in [5.41, 5.74) is 0. The van der Waals surface area contributed by atoms with E-state index in [1.807, 2.05) is 13.8 Å². The molecule has 1 saturated heterocycles. The van der Waals surface area contributed by atoms with Gasteiger partial charge in [0.1, 0.15) is 6.10 Å². The predicted molar refractivity (Wildman–Crippen MR) is 77.4 cm³/mol. The first-order valence-electron chi connectivity index (χ1n) is 7.00. The summed E-state index contributed by atoms with van der Waals surface area (Å²) in [4.78, 5) is 11.9. The van der Waals surface area contributed by atoms with Gasteiger partial charge < -0.3 is 14.3 Å². The summed E-state index contributed by atoms with van der Waals surface area (Å²) >= 11 is 0. The normalized spacial score (nSPS) is 33.2. The first-order valence-corrected chi connectivity index (χ1v) is 9.91. The number of aliphatic hydroxyl groups is 1. The zero-order valence-electron chi connectivity index (χ0n) is 13.2. The molecule has 1 fully saturated rings. The van der Waals surface area contributed by atoms with Crippen molar-refractivity contribution in [2.75, 3.05) is 6.61 Å². The van der Waals surface area contributed by atoms with Gasteiger partial charge in [0, 0.05) is 5.92 Å². The van der Waals surface area contributed by atoms with Crippen molar-refractivity contribution < 1.29 is 19.1 Å². The summed E-state index contributed by atoms with van der Waals surface area (Å²) in [5.74, 6) is -0.514. The van der Waals surface area contributed by atoms with E-state index in [-0.39, 0.29) is 35.6 Å². The summed E-state index contributed by atoms with van der Waals surface area (Å²) in [7, 11) is -1.94. The van der Waals surface area contributed by atoms with Crippen molar-refractivity contribution in [1.82, 2.24) is 0 Å². The van der Waals surface area contributed by atoms with E-state index in [1.54, 1.807) is 0 Å². The lowest BCUT2D eigenvalue weighted by molar-refractivity contribution is -0.179. The minimum absolute atomic E-state index is 0.0202. The van der Waals surface area contributed by atoms with Crippen LogP contribution in [0.5, 0.6) is 0 Å². The maximum atomic E-state index is 11.9. The molecule has 1 heterocycles. The van der Waals surface area contributed by atoms with Gasteiger partial charge in [-0.05, 0) is 25.1 Å². The topological polar surface area (TPSA) is 55.8 Å². The van der Waals surface area contributed by atoms with Crippen LogP contribution in [-0.2, 0) is 14.0 Å². The predicted octanol–water partition coefficient (Wildman–Crippen LogP) is 2.57. The second-order valence-corrected chi connectivity index (χ2v) is 11.9. The van der Waals surface area contributed by atoms with Crippen LogP contribution in [0, 0.1) is 11.8 Å².